The number of aryl methyl sites for hydroxylation is 1. The highest BCUT2D eigenvalue weighted by Gasteiger charge is 2.27. The monoisotopic (exact) mass is 191 g/mol. The molecular weight excluding hydrogens is 174 g/mol. The van der Waals surface area contributed by atoms with E-state index in [4.69, 9.17) is 0 Å². The van der Waals surface area contributed by atoms with Crippen molar-refractivity contribution < 1.29 is 5.11 Å². The van der Waals surface area contributed by atoms with Crippen LogP contribution in [0.2, 0.25) is 0 Å². The fraction of sp³-hybridized carbons (Fsp3) is 0.500. The van der Waals surface area contributed by atoms with Crippen LogP contribution < -0.4 is 5.32 Å². The summed E-state index contributed by atoms with van der Waals surface area (Å²) < 4.78 is 0. The molecule has 0 bridgehead atoms. The minimum Gasteiger partial charge on any atom is -0.396 e. The molecule has 0 radical (unpaired) electrons. The first-order valence-electron chi connectivity index (χ1n) is 5.22. The highest BCUT2D eigenvalue weighted by atomic mass is 16.3. The van der Waals surface area contributed by atoms with Gasteiger partial charge in [0.2, 0.25) is 0 Å². The van der Waals surface area contributed by atoms with Crippen LogP contribution in [0.25, 0.3) is 0 Å². The molecule has 1 aliphatic rings. The third-order valence-electron chi connectivity index (χ3n) is 3.19. The first-order chi connectivity index (χ1) is 6.86. The molecule has 0 saturated heterocycles. The lowest BCUT2D eigenvalue weighted by Crippen LogP contribution is -2.32. The molecule has 76 valence electrons. The van der Waals surface area contributed by atoms with Gasteiger partial charge in [-0.05, 0) is 31.0 Å². The van der Waals surface area contributed by atoms with E-state index < -0.39 is 0 Å². The minimum absolute atomic E-state index is 0.278. The van der Waals surface area contributed by atoms with Gasteiger partial charge in [-0.2, -0.15) is 0 Å². The summed E-state index contributed by atoms with van der Waals surface area (Å²) in [5.41, 5.74) is 2.79. The molecule has 0 fully saturated rings. The first kappa shape index (κ1) is 9.69. The van der Waals surface area contributed by atoms with Crippen molar-refractivity contribution in [2.75, 3.05) is 13.7 Å². The van der Waals surface area contributed by atoms with E-state index in [1.165, 1.54) is 11.1 Å². The number of fused-ring (bicyclic) bond motifs is 1. The molecule has 1 aliphatic carbocycles. The molecule has 0 aliphatic heterocycles. The number of hydrogen-bond donors (Lipinski definition) is 2. The maximum Gasteiger partial charge on any atom is 0.0477 e. The molecule has 2 heteroatoms. The van der Waals surface area contributed by atoms with Crippen LogP contribution in [-0.4, -0.2) is 18.8 Å². The van der Waals surface area contributed by atoms with E-state index in [9.17, 15) is 5.11 Å². The van der Waals surface area contributed by atoms with Crippen LogP contribution in [0.4, 0.5) is 0 Å². The zero-order valence-corrected chi connectivity index (χ0v) is 8.53. The molecule has 0 heterocycles. The molecule has 2 N–H and O–H groups in total. The largest absolute Gasteiger partial charge is 0.396 e. The van der Waals surface area contributed by atoms with Gasteiger partial charge >= 0.3 is 0 Å². The van der Waals surface area contributed by atoms with Crippen molar-refractivity contribution in [3.63, 3.8) is 0 Å². The Morgan fingerprint density at radius 2 is 2.21 bits per heavy atom. The fourth-order valence-electron chi connectivity index (χ4n) is 2.41. The highest BCUT2D eigenvalue weighted by Crippen LogP contribution is 2.33. The molecule has 0 aromatic heterocycles. The molecule has 1 aromatic carbocycles. The van der Waals surface area contributed by atoms with Gasteiger partial charge in [-0.3, -0.25) is 0 Å². The summed E-state index contributed by atoms with van der Waals surface area (Å²) in [7, 11) is 1.97. The zero-order valence-electron chi connectivity index (χ0n) is 8.53. The fourth-order valence-corrected chi connectivity index (χ4v) is 2.41. The van der Waals surface area contributed by atoms with Crippen molar-refractivity contribution in [1.82, 2.24) is 5.32 Å². The number of rotatable bonds is 2. The first-order valence-corrected chi connectivity index (χ1v) is 5.22. The van der Waals surface area contributed by atoms with Crippen molar-refractivity contribution in [2.24, 2.45) is 5.92 Å². The van der Waals surface area contributed by atoms with Gasteiger partial charge in [0.05, 0.1) is 0 Å². The lowest BCUT2D eigenvalue weighted by Gasteiger charge is -2.32. The predicted molar refractivity (Wildman–Crippen MR) is 57.1 cm³/mol. The van der Waals surface area contributed by atoms with Gasteiger partial charge in [0.15, 0.2) is 0 Å². The van der Waals surface area contributed by atoms with Gasteiger partial charge < -0.3 is 10.4 Å². The van der Waals surface area contributed by atoms with E-state index in [-0.39, 0.29) is 6.61 Å². The van der Waals surface area contributed by atoms with Crippen LogP contribution in [0.15, 0.2) is 24.3 Å². The second kappa shape index (κ2) is 4.11. The lowest BCUT2D eigenvalue weighted by molar-refractivity contribution is 0.178. The summed E-state index contributed by atoms with van der Waals surface area (Å²) in [4.78, 5) is 0. The normalized spacial score (nSPS) is 25.9. The van der Waals surface area contributed by atoms with Gasteiger partial charge in [0, 0.05) is 18.6 Å². The lowest BCUT2D eigenvalue weighted by atomic mass is 9.80. The molecule has 2 unspecified atom stereocenters. The van der Waals surface area contributed by atoms with E-state index in [1.807, 2.05) is 7.05 Å². The molecule has 1 aromatic rings. The van der Waals surface area contributed by atoms with Crippen molar-refractivity contribution >= 4 is 0 Å². The molecule has 2 rings (SSSR count). The van der Waals surface area contributed by atoms with Crippen molar-refractivity contribution in [2.45, 2.75) is 18.9 Å². The average Bonchev–Trinajstić information content (AvgIpc) is 2.27. The molecule has 0 amide bonds. The molecule has 0 saturated carbocycles. The molecular formula is C12H17NO. The number of nitrogens with one attached hydrogen (secondary N) is 1. The van der Waals surface area contributed by atoms with Gasteiger partial charge in [0.1, 0.15) is 0 Å². The SMILES string of the molecule is CNC1c2ccccc2CCC1CO. The van der Waals surface area contributed by atoms with E-state index in [0.29, 0.717) is 12.0 Å². The quantitative estimate of drug-likeness (QED) is 0.742. The molecule has 2 atom stereocenters. The summed E-state index contributed by atoms with van der Waals surface area (Å²) in [5.74, 6) is 0.370. The predicted octanol–water partition coefficient (Wildman–Crippen LogP) is 1.50. The number of aliphatic hydroxyl groups excluding tert-OH is 1. The maximum atomic E-state index is 9.28. The Bertz CT molecular complexity index is 311. The summed E-state index contributed by atoms with van der Waals surface area (Å²) in [6.45, 7) is 0.278. The van der Waals surface area contributed by atoms with Gasteiger partial charge in [-0.15, -0.1) is 0 Å². The zero-order chi connectivity index (χ0) is 9.97. The summed E-state index contributed by atoms with van der Waals surface area (Å²) >= 11 is 0. The Labute approximate surface area is 85.0 Å². The van der Waals surface area contributed by atoms with Crippen molar-refractivity contribution in [3.8, 4) is 0 Å². The highest BCUT2D eigenvalue weighted by molar-refractivity contribution is 5.32. The topological polar surface area (TPSA) is 32.3 Å². The Hall–Kier alpha value is -0.860. The van der Waals surface area contributed by atoms with E-state index in [0.717, 1.165) is 12.8 Å². The van der Waals surface area contributed by atoms with Crippen LogP contribution in [-0.2, 0) is 6.42 Å². The van der Waals surface area contributed by atoms with Crippen LogP contribution in [0.5, 0.6) is 0 Å². The maximum absolute atomic E-state index is 9.28. The third-order valence-corrected chi connectivity index (χ3v) is 3.19. The average molecular weight is 191 g/mol. The molecule has 2 nitrogen and oxygen atoms in total. The van der Waals surface area contributed by atoms with Crippen LogP contribution in [0.3, 0.4) is 0 Å². The summed E-state index contributed by atoms with van der Waals surface area (Å²) in [6.07, 6.45) is 2.18. The third kappa shape index (κ3) is 1.56. The Kier molecular flexibility index (Phi) is 2.85. The van der Waals surface area contributed by atoms with E-state index >= 15 is 0 Å². The second-order valence-electron chi connectivity index (χ2n) is 3.95. The van der Waals surface area contributed by atoms with Crippen LogP contribution in [0, 0.1) is 5.92 Å². The summed E-state index contributed by atoms with van der Waals surface area (Å²) in [6, 6.07) is 8.84. The Balaban J connectivity index is 2.34. The number of hydrogen-bond acceptors (Lipinski definition) is 2. The van der Waals surface area contributed by atoms with Crippen LogP contribution >= 0.6 is 0 Å². The standard InChI is InChI=1S/C12H17NO/c1-13-12-10(8-14)7-6-9-4-2-3-5-11(9)12/h2-5,10,12-14H,6-8H2,1H3. The Morgan fingerprint density at radius 1 is 1.43 bits per heavy atom. The minimum atomic E-state index is 0.278. The molecule has 14 heavy (non-hydrogen) atoms. The molecule has 0 spiro atoms. The number of benzene rings is 1. The van der Waals surface area contributed by atoms with E-state index in [1.54, 1.807) is 0 Å². The van der Waals surface area contributed by atoms with Gasteiger partial charge in [-0.1, -0.05) is 24.3 Å². The second-order valence-corrected chi connectivity index (χ2v) is 3.95. The Morgan fingerprint density at radius 3 is 2.93 bits per heavy atom. The summed E-state index contributed by atoms with van der Waals surface area (Å²) in [5, 5.41) is 12.6. The van der Waals surface area contributed by atoms with E-state index in [2.05, 4.69) is 29.6 Å². The van der Waals surface area contributed by atoms with Crippen molar-refractivity contribution in [3.05, 3.63) is 35.4 Å². The smallest absolute Gasteiger partial charge is 0.0477 e. The number of aliphatic hydroxyl groups is 1. The van der Waals surface area contributed by atoms with Gasteiger partial charge in [0.25, 0.3) is 0 Å². The van der Waals surface area contributed by atoms with Crippen LogP contribution in [0.1, 0.15) is 23.6 Å². The van der Waals surface area contributed by atoms with Crippen molar-refractivity contribution in [1.29, 1.82) is 0 Å². The van der Waals surface area contributed by atoms with Gasteiger partial charge in [-0.25, -0.2) is 0 Å².